The number of nitrogens with one attached hydrogen (secondary N) is 2. The predicted octanol–water partition coefficient (Wildman–Crippen LogP) is 5.86. The first-order valence-electron chi connectivity index (χ1n) is 9.27. The maximum absolute atomic E-state index is 12.7. The maximum atomic E-state index is 12.7. The number of rotatable bonds is 7. The van der Waals surface area contributed by atoms with Gasteiger partial charge in [-0.05, 0) is 48.9 Å². The van der Waals surface area contributed by atoms with Gasteiger partial charge in [-0.2, -0.15) is 8.78 Å². The Morgan fingerprint density at radius 1 is 1.14 bits per heavy atom. The number of urea groups is 1. The number of amides is 2. The molecule has 0 spiro atoms. The van der Waals surface area contributed by atoms with Crippen molar-refractivity contribution in [2.75, 3.05) is 10.6 Å². The zero-order valence-electron chi connectivity index (χ0n) is 17.3. The average molecular weight is 428 g/mol. The number of hydrogen-bond donors (Lipinski definition) is 3. The van der Waals surface area contributed by atoms with Gasteiger partial charge < -0.3 is 15.2 Å². The summed E-state index contributed by atoms with van der Waals surface area (Å²) in [6.45, 7) is 7.95. The first kappa shape index (κ1) is 23.0. The molecule has 1 aromatic heterocycles. The van der Waals surface area contributed by atoms with Crippen LogP contribution in [-0.4, -0.2) is 22.7 Å². The van der Waals surface area contributed by atoms with Gasteiger partial charge in [0.15, 0.2) is 0 Å². The van der Waals surface area contributed by atoms with Crippen molar-refractivity contribution in [2.45, 2.75) is 65.6 Å². The lowest BCUT2D eigenvalue weighted by atomic mass is 9.92. The van der Waals surface area contributed by atoms with E-state index in [1.165, 1.54) is 29.7 Å². The van der Waals surface area contributed by atoms with Crippen LogP contribution in [0.4, 0.5) is 24.3 Å². The highest BCUT2D eigenvalue weighted by Gasteiger charge is 2.22. The number of alkyl halides is 2. The monoisotopic (exact) mass is 427 g/mol. The third-order valence-electron chi connectivity index (χ3n) is 4.15. The van der Waals surface area contributed by atoms with Crippen LogP contribution in [0.1, 0.15) is 69.5 Å². The normalized spacial score (nSPS) is 12.0. The molecule has 0 aliphatic rings. The van der Waals surface area contributed by atoms with Crippen LogP contribution in [-0.2, 0) is 5.60 Å². The number of carbonyl (C=O) groups is 1. The van der Waals surface area contributed by atoms with Crippen LogP contribution in [0.5, 0.6) is 5.75 Å². The summed E-state index contributed by atoms with van der Waals surface area (Å²) in [5.41, 5.74) is 0.866. The molecule has 0 bridgehead atoms. The van der Waals surface area contributed by atoms with E-state index < -0.39 is 18.2 Å². The van der Waals surface area contributed by atoms with Gasteiger partial charge in [0.1, 0.15) is 21.4 Å². The number of aliphatic hydroxyl groups is 1. The lowest BCUT2D eigenvalue weighted by Crippen LogP contribution is -2.21. The molecular weight excluding hydrogens is 400 g/mol. The van der Waals surface area contributed by atoms with E-state index in [2.05, 4.69) is 20.4 Å². The van der Waals surface area contributed by atoms with E-state index in [-0.39, 0.29) is 17.6 Å². The summed E-state index contributed by atoms with van der Waals surface area (Å²) < 4.78 is 30.0. The van der Waals surface area contributed by atoms with Crippen LogP contribution >= 0.6 is 11.3 Å². The zero-order chi connectivity index (χ0) is 21.9. The molecule has 160 valence electrons. The first-order valence-corrected chi connectivity index (χ1v) is 10.1. The highest BCUT2D eigenvalue weighted by atomic mass is 32.1. The van der Waals surface area contributed by atoms with Crippen molar-refractivity contribution >= 4 is 28.1 Å². The van der Waals surface area contributed by atoms with Crippen molar-refractivity contribution < 1.29 is 23.4 Å². The van der Waals surface area contributed by atoms with Gasteiger partial charge >= 0.3 is 12.6 Å². The van der Waals surface area contributed by atoms with Gasteiger partial charge in [-0.1, -0.05) is 39.0 Å². The second-order valence-corrected chi connectivity index (χ2v) is 8.86. The van der Waals surface area contributed by atoms with Crippen LogP contribution < -0.4 is 15.4 Å². The molecule has 2 aromatic rings. The van der Waals surface area contributed by atoms with E-state index in [0.717, 1.165) is 0 Å². The topological polar surface area (TPSA) is 83.5 Å². The van der Waals surface area contributed by atoms with Crippen molar-refractivity contribution in [3.63, 3.8) is 0 Å². The van der Waals surface area contributed by atoms with Crippen molar-refractivity contribution in [1.29, 1.82) is 0 Å². The SMILES string of the molecule is CC(C)c1cc(OC(F)F)cc(C(C)C)c1NC(=O)Nc1cnc(C(C)(C)O)s1. The predicted molar refractivity (Wildman–Crippen MR) is 111 cm³/mol. The first-order chi connectivity index (χ1) is 13.4. The molecule has 0 saturated carbocycles. The summed E-state index contributed by atoms with van der Waals surface area (Å²) in [6, 6.07) is 2.57. The summed E-state index contributed by atoms with van der Waals surface area (Å²) in [4.78, 5) is 16.7. The number of carbonyl (C=O) groups excluding carboxylic acids is 1. The van der Waals surface area contributed by atoms with Crippen molar-refractivity contribution in [3.8, 4) is 5.75 Å². The molecule has 1 aromatic carbocycles. The molecule has 1 heterocycles. The fraction of sp³-hybridized carbons (Fsp3) is 0.500. The fourth-order valence-electron chi connectivity index (χ4n) is 2.76. The molecular formula is C20H27F2N3O3S. The molecule has 0 radical (unpaired) electrons. The zero-order valence-corrected chi connectivity index (χ0v) is 18.2. The third-order valence-corrected chi connectivity index (χ3v) is 5.37. The molecule has 2 amide bonds. The second-order valence-electron chi connectivity index (χ2n) is 7.83. The standard InChI is InChI=1S/C20H27F2N3O3S/c1-10(2)13-7-12(28-18(21)22)8-14(11(3)4)16(13)25-19(26)24-15-9-23-17(29-15)20(5,6)27/h7-11,18,27H,1-6H3,(H2,24,25,26). The van der Waals surface area contributed by atoms with Gasteiger partial charge in [0, 0.05) is 5.69 Å². The van der Waals surface area contributed by atoms with Crippen LogP contribution in [0, 0.1) is 0 Å². The van der Waals surface area contributed by atoms with E-state index >= 15 is 0 Å². The Morgan fingerprint density at radius 3 is 2.10 bits per heavy atom. The lowest BCUT2D eigenvalue weighted by molar-refractivity contribution is -0.0499. The number of benzene rings is 1. The minimum Gasteiger partial charge on any atom is -0.435 e. The molecule has 0 fully saturated rings. The van der Waals surface area contributed by atoms with Gasteiger partial charge in [-0.15, -0.1) is 0 Å². The highest BCUT2D eigenvalue weighted by Crippen LogP contribution is 2.37. The minimum absolute atomic E-state index is 0.0331. The Bertz CT molecular complexity index is 832. The Kier molecular flexibility index (Phi) is 7.18. The van der Waals surface area contributed by atoms with Gasteiger partial charge in [-0.3, -0.25) is 5.32 Å². The number of anilines is 2. The largest absolute Gasteiger partial charge is 0.435 e. The van der Waals surface area contributed by atoms with Crippen LogP contribution in [0.25, 0.3) is 0 Å². The molecule has 2 rings (SSSR count). The third kappa shape index (κ3) is 6.11. The number of aromatic nitrogens is 1. The smallest absolute Gasteiger partial charge is 0.387 e. The molecule has 0 atom stereocenters. The van der Waals surface area contributed by atoms with Gasteiger partial charge in [0.2, 0.25) is 0 Å². The lowest BCUT2D eigenvalue weighted by Gasteiger charge is -2.22. The number of halogens is 2. The van der Waals surface area contributed by atoms with Crippen LogP contribution in [0.2, 0.25) is 0 Å². The number of thiazole rings is 1. The van der Waals surface area contributed by atoms with E-state index in [1.807, 2.05) is 27.7 Å². The Hall–Kier alpha value is -2.26. The molecule has 3 N–H and O–H groups in total. The van der Waals surface area contributed by atoms with Crippen molar-refractivity contribution in [2.24, 2.45) is 0 Å². The van der Waals surface area contributed by atoms with Gasteiger partial charge in [0.25, 0.3) is 0 Å². The number of ether oxygens (including phenoxy) is 1. The average Bonchev–Trinajstić information content (AvgIpc) is 3.03. The van der Waals surface area contributed by atoms with Gasteiger partial charge in [0.05, 0.1) is 6.20 Å². The van der Waals surface area contributed by atoms with E-state index in [9.17, 15) is 18.7 Å². The maximum Gasteiger partial charge on any atom is 0.387 e. The quantitative estimate of drug-likeness (QED) is 0.517. The molecule has 6 nitrogen and oxygen atoms in total. The summed E-state index contributed by atoms with van der Waals surface area (Å²) in [7, 11) is 0. The van der Waals surface area contributed by atoms with Crippen molar-refractivity contribution in [1.82, 2.24) is 4.98 Å². The van der Waals surface area contributed by atoms with E-state index in [1.54, 1.807) is 13.8 Å². The van der Waals surface area contributed by atoms with E-state index in [4.69, 9.17) is 0 Å². The fourth-order valence-corrected chi connectivity index (χ4v) is 3.57. The summed E-state index contributed by atoms with van der Waals surface area (Å²) >= 11 is 1.17. The Morgan fingerprint density at radius 2 is 1.69 bits per heavy atom. The highest BCUT2D eigenvalue weighted by molar-refractivity contribution is 7.16. The van der Waals surface area contributed by atoms with Gasteiger partial charge in [-0.25, -0.2) is 9.78 Å². The summed E-state index contributed by atoms with van der Waals surface area (Å²) in [5.74, 6) is -0.000862. The van der Waals surface area contributed by atoms with E-state index in [0.29, 0.717) is 26.8 Å². The van der Waals surface area contributed by atoms with Crippen LogP contribution in [0.15, 0.2) is 18.3 Å². The molecule has 0 saturated heterocycles. The van der Waals surface area contributed by atoms with Crippen LogP contribution in [0.3, 0.4) is 0 Å². The second kappa shape index (κ2) is 9.04. The molecule has 0 unspecified atom stereocenters. The number of hydrogen-bond acceptors (Lipinski definition) is 5. The van der Waals surface area contributed by atoms with Crippen molar-refractivity contribution in [3.05, 3.63) is 34.5 Å². The molecule has 9 heteroatoms. The summed E-state index contributed by atoms with van der Waals surface area (Å²) in [6.07, 6.45) is 1.48. The Balaban J connectivity index is 2.32. The Labute approximate surface area is 173 Å². The minimum atomic E-state index is -2.92. The number of nitrogens with zero attached hydrogens (tertiary/aromatic N) is 1. The molecule has 0 aliphatic carbocycles. The molecule has 0 aliphatic heterocycles. The molecule has 29 heavy (non-hydrogen) atoms. The summed E-state index contributed by atoms with van der Waals surface area (Å²) in [5, 5.41) is 16.5.